The van der Waals surface area contributed by atoms with Gasteiger partial charge in [-0.3, -0.25) is 9.59 Å². The van der Waals surface area contributed by atoms with Crippen LogP contribution in [0.1, 0.15) is 46.5 Å². The van der Waals surface area contributed by atoms with Gasteiger partial charge in [-0.15, -0.1) is 0 Å². The van der Waals surface area contributed by atoms with E-state index >= 15 is 0 Å². The number of aryl methyl sites for hydroxylation is 1. The summed E-state index contributed by atoms with van der Waals surface area (Å²) in [7, 11) is 0. The van der Waals surface area contributed by atoms with E-state index in [-0.39, 0.29) is 21.5 Å². The van der Waals surface area contributed by atoms with Crippen LogP contribution >= 0.6 is 23.2 Å². The van der Waals surface area contributed by atoms with Gasteiger partial charge in [-0.1, -0.05) is 43.1 Å². The summed E-state index contributed by atoms with van der Waals surface area (Å²) in [5, 5.41) is 2.62. The number of nitrogens with one attached hydrogen (secondary N) is 1. The molecule has 1 fully saturated rings. The van der Waals surface area contributed by atoms with Gasteiger partial charge in [-0.05, 0) is 55.0 Å². The van der Waals surface area contributed by atoms with E-state index in [0.717, 1.165) is 31.1 Å². The SMILES string of the molecule is Cc1ccc(C(=O)N2CC(C)CC(C)C2)cc1NC(=O)c1cc(F)c(Cl)cc1Cl. The van der Waals surface area contributed by atoms with Crippen LogP contribution in [-0.4, -0.2) is 29.8 Å². The molecule has 0 aliphatic carbocycles. The number of nitrogens with zero attached hydrogens (tertiary/aromatic N) is 1. The molecule has 0 bridgehead atoms. The second-order valence-electron chi connectivity index (χ2n) is 7.89. The molecule has 2 unspecified atom stereocenters. The van der Waals surface area contributed by atoms with Gasteiger partial charge in [0.05, 0.1) is 15.6 Å². The number of amides is 2. The Bertz CT molecular complexity index is 954. The third-order valence-corrected chi connectivity index (χ3v) is 5.75. The summed E-state index contributed by atoms with van der Waals surface area (Å²) in [4.78, 5) is 27.5. The molecule has 1 aliphatic rings. The fourth-order valence-electron chi connectivity index (χ4n) is 3.79. The highest BCUT2D eigenvalue weighted by atomic mass is 35.5. The fourth-order valence-corrected chi connectivity index (χ4v) is 4.26. The van der Waals surface area contributed by atoms with Crippen molar-refractivity contribution in [1.29, 1.82) is 0 Å². The summed E-state index contributed by atoms with van der Waals surface area (Å²) >= 11 is 11.7. The maximum atomic E-state index is 13.8. The minimum absolute atomic E-state index is 0.0247. The number of anilines is 1. The maximum Gasteiger partial charge on any atom is 0.257 e. The molecule has 0 saturated carbocycles. The maximum absolute atomic E-state index is 13.8. The zero-order chi connectivity index (χ0) is 21.3. The zero-order valence-electron chi connectivity index (χ0n) is 16.6. The largest absolute Gasteiger partial charge is 0.338 e. The van der Waals surface area contributed by atoms with Crippen molar-refractivity contribution < 1.29 is 14.0 Å². The van der Waals surface area contributed by atoms with Crippen LogP contribution in [0, 0.1) is 24.6 Å². The lowest BCUT2D eigenvalue weighted by molar-refractivity contribution is 0.0623. The van der Waals surface area contributed by atoms with E-state index in [9.17, 15) is 14.0 Å². The van der Waals surface area contributed by atoms with Gasteiger partial charge in [0, 0.05) is 24.3 Å². The number of piperidine rings is 1. The Balaban J connectivity index is 1.83. The Labute approximate surface area is 180 Å². The molecular formula is C22H23Cl2FN2O2. The van der Waals surface area contributed by atoms with E-state index in [1.165, 1.54) is 6.07 Å². The normalized spacial score (nSPS) is 19.2. The molecule has 3 rings (SSSR count). The minimum Gasteiger partial charge on any atom is -0.338 e. The Morgan fingerprint density at radius 1 is 1.07 bits per heavy atom. The summed E-state index contributed by atoms with van der Waals surface area (Å²) in [6.45, 7) is 7.55. The van der Waals surface area contributed by atoms with Crippen LogP contribution in [0.25, 0.3) is 0 Å². The molecule has 0 aromatic heterocycles. The van der Waals surface area contributed by atoms with Crippen molar-refractivity contribution in [3.8, 4) is 0 Å². The van der Waals surface area contributed by atoms with Crippen molar-refractivity contribution in [1.82, 2.24) is 4.90 Å². The molecule has 1 saturated heterocycles. The number of rotatable bonds is 3. The summed E-state index contributed by atoms with van der Waals surface area (Å²) in [5.41, 5.74) is 1.73. The van der Waals surface area contributed by atoms with Crippen molar-refractivity contribution in [2.75, 3.05) is 18.4 Å². The van der Waals surface area contributed by atoms with Crippen LogP contribution in [0.5, 0.6) is 0 Å². The highest BCUT2D eigenvalue weighted by Crippen LogP contribution is 2.27. The topological polar surface area (TPSA) is 49.4 Å². The van der Waals surface area contributed by atoms with Crippen molar-refractivity contribution in [2.24, 2.45) is 11.8 Å². The minimum atomic E-state index is -0.727. The molecule has 2 aromatic carbocycles. The Kier molecular flexibility index (Phi) is 6.49. The molecule has 0 spiro atoms. The van der Waals surface area contributed by atoms with Crippen LogP contribution in [-0.2, 0) is 0 Å². The van der Waals surface area contributed by atoms with E-state index in [4.69, 9.17) is 23.2 Å². The number of benzene rings is 2. The van der Waals surface area contributed by atoms with Crippen LogP contribution in [0.4, 0.5) is 10.1 Å². The highest BCUT2D eigenvalue weighted by molar-refractivity contribution is 6.37. The van der Waals surface area contributed by atoms with E-state index in [1.807, 2.05) is 11.8 Å². The Morgan fingerprint density at radius 2 is 1.72 bits per heavy atom. The second kappa shape index (κ2) is 8.72. The van der Waals surface area contributed by atoms with Gasteiger partial charge >= 0.3 is 0 Å². The van der Waals surface area contributed by atoms with Gasteiger partial charge in [-0.2, -0.15) is 0 Å². The molecule has 1 heterocycles. The second-order valence-corrected chi connectivity index (χ2v) is 8.70. The third kappa shape index (κ3) is 4.90. The monoisotopic (exact) mass is 436 g/mol. The molecule has 0 radical (unpaired) electrons. The summed E-state index contributed by atoms with van der Waals surface area (Å²) in [5.74, 6) is -0.452. The van der Waals surface area contributed by atoms with E-state index in [1.54, 1.807) is 18.2 Å². The van der Waals surface area contributed by atoms with Crippen molar-refractivity contribution in [3.05, 3.63) is 62.9 Å². The molecule has 1 N–H and O–H groups in total. The van der Waals surface area contributed by atoms with E-state index < -0.39 is 11.7 Å². The molecule has 2 amide bonds. The number of hydrogen-bond acceptors (Lipinski definition) is 2. The van der Waals surface area contributed by atoms with Crippen LogP contribution in [0.15, 0.2) is 30.3 Å². The average molecular weight is 437 g/mol. The first-order valence-corrected chi connectivity index (χ1v) is 10.3. The summed E-state index contributed by atoms with van der Waals surface area (Å²) in [6, 6.07) is 7.38. The molecule has 2 aromatic rings. The molecule has 2 atom stereocenters. The standard InChI is InChI=1S/C22H23Cl2FN2O2/c1-12-6-13(2)11-27(10-12)22(29)15-5-4-14(3)20(7-15)26-21(28)16-8-19(25)18(24)9-17(16)23/h4-5,7-9,12-13H,6,10-11H2,1-3H3,(H,26,28). The summed E-state index contributed by atoms with van der Waals surface area (Å²) < 4.78 is 13.8. The first-order valence-electron chi connectivity index (χ1n) is 9.51. The van der Waals surface area contributed by atoms with Crippen molar-refractivity contribution in [3.63, 3.8) is 0 Å². The molecule has 7 heteroatoms. The Morgan fingerprint density at radius 3 is 2.38 bits per heavy atom. The number of hydrogen-bond donors (Lipinski definition) is 1. The van der Waals surface area contributed by atoms with Gasteiger partial charge in [-0.25, -0.2) is 4.39 Å². The van der Waals surface area contributed by atoms with Crippen LogP contribution in [0.2, 0.25) is 10.0 Å². The summed E-state index contributed by atoms with van der Waals surface area (Å²) in [6.07, 6.45) is 1.11. The van der Waals surface area contributed by atoms with Gasteiger partial charge in [0.2, 0.25) is 0 Å². The van der Waals surface area contributed by atoms with E-state index in [2.05, 4.69) is 19.2 Å². The number of halogens is 3. The number of carbonyl (C=O) groups is 2. The van der Waals surface area contributed by atoms with Gasteiger partial charge in [0.25, 0.3) is 11.8 Å². The molecule has 29 heavy (non-hydrogen) atoms. The molecule has 4 nitrogen and oxygen atoms in total. The predicted octanol–water partition coefficient (Wildman–Crippen LogP) is 5.81. The van der Waals surface area contributed by atoms with Gasteiger partial charge in [0.1, 0.15) is 5.82 Å². The van der Waals surface area contributed by atoms with Crippen molar-refractivity contribution >= 4 is 40.7 Å². The first kappa shape index (κ1) is 21.6. The smallest absolute Gasteiger partial charge is 0.257 e. The average Bonchev–Trinajstić information content (AvgIpc) is 2.65. The lowest BCUT2D eigenvalue weighted by atomic mass is 9.91. The van der Waals surface area contributed by atoms with Crippen LogP contribution < -0.4 is 5.32 Å². The third-order valence-electron chi connectivity index (χ3n) is 5.14. The molecular weight excluding hydrogens is 414 g/mol. The lowest BCUT2D eigenvalue weighted by Crippen LogP contribution is -2.42. The van der Waals surface area contributed by atoms with Crippen molar-refractivity contribution in [2.45, 2.75) is 27.2 Å². The van der Waals surface area contributed by atoms with Gasteiger partial charge in [0.15, 0.2) is 0 Å². The van der Waals surface area contributed by atoms with E-state index in [0.29, 0.717) is 23.1 Å². The fraction of sp³-hybridized carbons (Fsp3) is 0.364. The quantitative estimate of drug-likeness (QED) is 0.616. The number of carbonyl (C=O) groups excluding carboxylic acids is 2. The zero-order valence-corrected chi connectivity index (χ0v) is 18.1. The Hall–Kier alpha value is -2.11. The van der Waals surface area contributed by atoms with Gasteiger partial charge < -0.3 is 10.2 Å². The first-order chi connectivity index (χ1) is 13.7. The predicted molar refractivity (Wildman–Crippen MR) is 114 cm³/mol. The number of likely N-dealkylation sites (tertiary alicyclic amines) is 1. The molecule has 1 aliphatic heterocycles. The van der Waals surface area contributed by atoms with Crippen LogP contribution in [0.3, 0.4) is 0 Å². The lowest BCUT2D eigenvalue weighted by Gasteiger charge is -2.35. The molecule has 154 valence electrons. The highest BCUT2D eigenvalue weighted by Gasteiger charge is 2.26.